The van der Waals surface area contributed by atoms with E-state index < -0.39 is 10.8 Å². The van der Waals surface area contributed by atoms with Crippen molar-refractivity contribution in [1.82, 2.24) is 14.8 Å². The lowest BCUT2D eigenvalue weighted by atomic mass is 9.90. The van der Waals surface area contributed by atoms with E-state index in [2.05, 4.69) is 20.9 Å². The summed E-state index contributed by atoms with van der Waals surface area (Å²) in [6, 6.07) is 21.1. The first-order chi connectivity index (χ1) is 21.7. The monoisotopic (exact) mass is 707 g/mol. The summed E-state index contributed by atoms with van der Waals surface area (Å²) in [6.07, 6.45) is 2.95. The van der Waals surface area contributed by atoms with E-state index in [9.17, 15) is 9.59 Å². The Morgan fingerprint density at radius 1 is 1.11 bits per heavy atom. The van der Waals surface area contributed by atoms with E-state index in [1.807, 2.05) is 89.7 Å². The Morgan fingerprint density at radius 3 is 2.60 bits per heavy atom. The minimum atomic E-state index is -1.16. The van der Waals surface area contributed by atoms with Crippen LogP contribution in [-0.4, -0.2) is 57.0 Å². The molecule has 45 heavy (non-hydrogen) atoms. The molecule has 2 fully saturated rings. The van der Waals surface area contributed by atoms with Gasteiger partial charge in [-0.1, -0.05) is 63.4 Å². The third kappa shape index (κ3) is 6.53. The number of halogens is 2. The van der Waals surface area contributed by atoms with Gasteiger partial charge in [-0.3, -0.25) is 14.4 Å². The summed E-state index contributed by atoms with van der Waals surface area (Å²) in [5.41, 5.74) is 3.81. The second kappa shape index (κ2) is 13.2. The van der Waals surface area contributed by atoms with E-state index in [-0.39, 0.29) is 36.5 Å². The zero-order valence-corrected chi connectivity index (χ0v) is 28.4. The number of nitrogens with zero attached hydrogens (tertiary/aromatic N) is 2. The largest absolute Gasteiger partial charge is 0.466 e. The fourth-order valence-electron chi connectivity index (χ4n) is 6.60. The van der Waals surface area contributed by atoms with Crippen molar-refractivity contribution < 1.29 is 19.1 Å². The fourth-order valence-corrected chi connectivity index (χ4v) is 8.51. The molecule has 0 bridgehead atoms. The molecule has 0 radical (unpaired) electrons. The molecule has 2 aliphatic heterocycles. The number of hydrogen-bond acceptors (Lipinski definition) is 5. The summed E-state index contributed by atoms with van der Waals surface area (Å²) in [4.78, 5) is 49.6. The average Bonchev–Trinajstić information content (AvgIpc) is 3.71. The van der Waals surface area contributed by atoms with Crippen LogP contribution in [0.5, 0.6) is 0 Å². The third-order valence-electron chi connectivity index (χ3n) is 8.74. The van der Waals surface area contributed by atoms with Gasteiger partial charge in [-0.25, -0.2) is 0 Å². The quantitative estimate of drug-likeness (QED) is 0.180. The Hall–Kier alpha value is -3.27. The number of carbonyl (C=O) groups is 3. The molecule has 0 spiro atoms. The van der Waals surface area contributed by atoms with Gasteiger partial charge in [0.15, 0.2) is 0 Å². The van der Waals surface area contributed by atoms with Crippen LogP contribution in [0.1, 0.15) is 48.9 Å². The Kier molecular flexibility index (Phi) is 9.32. The lowest BCUT2D eigenvalue weighted by molar-refractivity contribution is -0.144. The van der Waals surface area contributed by atoms with Gasteiger partial charge in [-0.15, -0.1) is 11.8 Å². The number of aromatic nitrogens is 1. The molecule has 3 atom stereocenters. The first kappa shape index (κ1) is 31.7. The number of esters is 1. The van der Waals surface area contributed by atoms with E-state index in [4.69, 9.17) is 16.3 Å². The third-order valence-corrected chi connectivity index (χ3v) is 10.9. The summed E-state index contributed by atoms with van der Waals surface area (Å²) in [5, 5.41) is 1.52. The lowest BCUT2D eigenvalue weighted by Crippen LogP contribution is -2.49. The normalized spacial score (nSPS) is 21.6. The van der Waals surface area contributed by atoms with Gasteiger partial charge in [-0.05, 0) is 68.1 Å². The van der Waals surface area contributed by atoms with Crippen molar-refractivity contribution in [3.63, 3.8) is 0 Å². The first-order valence-corrected chi connectivity index (χ1v) is 17.2. The van der Waals surface area contributed by atoms with Gasteiger partial charge in [0.1, 0.15) is 4.75 Å². The van der Waals surface area contributed by atoms with Crippen molar-refractivity contribution in [2.24, 2.45) is 5.92 Å². The van der Waals surface area contributed by atoms with Crippen LogP contribution in [0.25, 0.3) is 10.9 Å². The lowest BCUT2D eigenvalue weighted by Gasteiger charge is -2.38. The van der Waals surface area contributed by atoms with Crippen molar-refractivity contribution in [2.45, 2.75) is 55.3 Å². The summed E-state index contributed by atoms with van der Waals surface area (Å²) < 4.78 is 5.00. The van der Waals surface area contributed by atoms with E-state index in [1.54, 1.807) is 6.92 Å². The van der Waals surface area contributed by atoms with Crippen LogP contribution >= 0.6 is 39.3 Å². The second-order valence-electron chi connectivity index (χ2n) is 11.9. The topological polar surface area (TPSA) is 82.7 Å². The highest BCUT2D eigenvalue weighted by Crippen LogP contribution is 2.55. The second-order valence-corrected chi connectivity index (χ2v) is 14.6. The van der Waals surface area contributed by atoms with Crippen LogP contribution < -0.4 is 0 Å². The molecule has 1 N–H and O–H groups in total. The Morgan fingerprint density at radius 2 is 1.87 bits per heavy atom. The van der Waals surface area contributed by atoms with Crippen LogP contribution in [0, 0.1) is 12.8 Å². The van der Waals surface area contributed by atoms with Crippen LogP contribution in [0.4, 0.5) is 0 Å². The highest BCUT2D eigenvalue weighted by atomic mass is 79.9. The molecule has 10 heteroatoms. The summed E-state index contributed by atoms with van der Waals surface area (Å²) in [7, 11) is 0. The molecular weight excluding hydrogens is 674 g/mol. The van der Waals surface area contributed by atoms with Crippen molar-refractivity contribution in [3.05, 3.63) is 99.1 Å². The van der Waals surface area contributed by atoms with Crippen molar-refractivity contribution in [1.29, 1.82) is 0 Å². The number of rotatable bonds is 9. The van der Waals surface area contributed by atoms with Gasteiger partial charge in [0.05, 0.1) is 25.5 Å². The predicted molar refractivity (Wildman–Crippen MR) is 181 cm³/mol. The molecule has 1 aromatic heterocycles. The maximum Gasteiger partial charge on any atom is 0.306 e. The van der Waals surface area contributed by atoms with E-state index in [0.717, 1.165) is 37.0 Å². The zero-order chi connectivity index (χ0) is 31.7. The number of likely N-dealkylation sites (tertiary alicyclic amines) is 2. The molecule has 3 aromatic carbocycles. The maximum atomic E-state index is 15.1. The first-order valence-electron chi connectivity index (χ1n) is 15.2. The fraction of sp³-hybridized carbons (Fsp3) is 0.343. The number of ether oxygens (including phenoxy) is 1. The number of amides is 2. The van der Waals surface area contributed by atoms with Crippen molar-refractivity contribution in [3.8, 4) is 0 Å². The molecule has 4 aromatic rings. The van der Waals surface area contributed by atoms with E-state index >= 15 is 4.79 Å². The standard InChI is InChI=1S/C35H35BrClN3O4S/c1-3-44-32(42)16-24-14-15-39(20-24)34(43)35(45-27-11-4-22(2)5-12-27)18-31(41)40(21-23-6-8-25(36)9-7-23)33(35)29-19-38-30-17-26(37)10-13-28(29)30/h4-13,17,19,24,33,38H,3,14-16,18,20-21H2,1-2H3/t24-,33+,35+/m1/s1. The van der Waals surface area contributed by atoms with Crippen molar-refractivity contribution in [2.75, 3.05) is 19.7 Å². The minimum absolute atomic E-state index is 0.0130. The maximum absolute atomic E-state index is 15.1. The molecule has 3 heterocycles. The highest BCUT2D eigenvalue weighted by molar-refractivity contribution is 9.10. The number of fused-ring (bicyclic) bond motifs is 1. The van der Waals surface area contributed by atoms with Gasteiger partial charge in [0, 0.05) is 56.7 Å². The average molecular weight is 709 g/mol. The number of carbonyl (C=O) groups excluding carboxylic acids is 3. The molecule has 0 unspecified atom stereocenters. The minimum Gasteiger partial charge on any atom is -0.466 e. The van der Waals surface area contributed by atoms with E-state index in [1.165, 1.54) is 11.8 Å². The van der Waals surface area contributed by atoms with Gasteiger partial charge >= 0.3 is 5.97 Å². The van der Waals surface area contributed by atoms with Gasteiger partial charge in [0.25, 0.3) is 0 Å². The number of thioether (sulfide) groups is 1. The molecule has 234 valence electrons. The molecule has 6 rings (SSSR count). The van der Waals surface area contributed by atoms with Crippen LogP contribution in [0.3, 0.4) is 0 Å². The Balaban J connectivity index is 1.46. The molecule has 0 aliphatic carbocycles. The Labute approximate surface area is 280 Å². The van der Waals surface area contributed by atoms with Crippen LogP contribution in [-0.2, 0) is 25.7 Å². The number of hydrogen-bond donors (Lipinski definition) is 1. The van der Waals surface area contributed by atoms with Gasteiger partial charge < -0.3 is 19.5 Å². The molecule has 2 aliphatic rings. The van der Waals surface area contributed by atoms with Crippen LogP contribution in [0.2, 0.25) is 5.02 Å². The molecule has 2 amide bonds. The number of aryl methyl sites for hydroxylation is 1. The Bertz CT molecular complexity index is 1730. The molecule has 2 saturated heterocycles. The smallest absolute Gasteiger partial charge is 0.306 e. The summed E-state index contributed by atoms with van der Waals surface area (Å²) >= 11 is 11.3. The summed E-state index contributed by atoms with van der Waals surface area (Å²) in [6.45, 7) is 5.48. The number of nitrogens with one attached hydrogen (secondary N) is 1. The van der Waals surface area contributed by atoms with Gasteiger partial charge in [-0.2, -0.15) is 0 Å². The van der Waals surface area contributed by atoms with Crippen LogP contribution in [0.15, 0.2) is 82.3 Å². The number of H-pyrrole nitrogens is 1. The predicted octanol–water partition coefficient (Wildman–Crippen LogP) is 7.70. The van der Waals surface area contributed by atoms with E-state index in [0.29, 0.717) is 37.7 Å². The van der Waals surface area contributed by atoms with Gasteiger partial charge in [0.2, 0.25) is 11.8 Å². The SMILES string of the molecule is CCOC(=O)C[C@H]1CCN(C(=O)[C@]2(Sc3ccc(C)cc3)CC(=O)N(Cc3ccc(Br)cc3)[C@H]2c2c[nH]c3cc(Cl)ccc23)C1. The molecule has 0 saturated carbocycles. The highest BCUT2D eigenvalue weighted by Gasteiger charge is 2.60. The molecule has 7 nitrogen and oxygen atoms in total. The zero-order valence-electron chi connectivity index (χ0n) is 25.2. The number of benzene rings is 3. The summed E-state index contributed by atoms with van der Waals surface area (Å²) in [5.74, 6) is -0.396. The number of aromatic amines is 1. The van der Waals surface area contributed by atoms with Crippen molar-refractivity contribution >= 4 is 68.0 Å². The molecular formula is C35H35BrClN3O4S.